The third kappa shape index (κ3) is 4.10. The lowest BCUT2D eigenvalue weighted by molar-refractivity contribution is -0.141. The van der Waals surface area contributed by atoms with Gasteiger partial charge in [-0.05, 0) is 35.9 Å². The summed E-state index contributed by atoms with van der Waals surface area (Å²) >= 11 is 0. The maximum atomic E-state index is 13.4. The number of benzene rings is 1. The molecule has 3 aromatic rings. The molecule has 0 aliphatic carbocycles. The first kappa shape index (κ1) is 22.6. The lowest BCUT2D eigenvalue weighted by Crippen LogP contribution is -2.30. The van der Waals surface area contributed by atoms with Crippen LogP contribution in [0.15, 0.2) is 76.5 Å². The van der Waals surface area contributed by atoms with E-state index in [4.69, 9.17) is 4.42 Å². The number of rotatable bonds is 7. The predicted molar refractivity (Wildman–Crippen MR) is 116 cm³/mol. The molecule has 0 N–H and O–H groups in total. The van der Waals surface area contributed by atoms with Crippen molar-refractivity contribution >= 4 is 27.5 Å². The van der Waals surface area contributed by atoms with Crippen LogP contribution in [0.25, 0.3) is 0 Å². The standard InChI is InChI=1S/C23H21N3O6S/c1-25(2)33(30,31)17-9-7-16(8-10-17)21(27)19-20(18-6-4-12-32-18)26(23(29)22(19)28)14-15-5-3-11-24-13-15/h3-13,19-20H,14H2,1-2H3. The Balaban J connectivity index is 1.70. The molecule has 1 aliphatic heterocycles. The summed E-state index contributed by atoms with van der Waals surface area (Å²) < 4.78 is 31.2. The summed E-state index contributed by atoms with van der Waals surface area (Å²) in [6, 6.07) is 11.1. The number of carbonyl (C=O) groups is 3. The Morgan fingerprint density at radius 2 is 1.82 bits per heavy atom. The van der Waals surface area contributed by atoms with Crippen molar-refractivity contribution in [1.82, 2.24) is 14.2 Å². The van der Waals surface area contributed by atoms with Crippen LogP contribution < -0.4 is 0 Å². The number of hydrogen-bond acceptors (Lipinski definition) is 7. The van der Waals surface area contributed by atoms with Gasteiger partial charge in [0, 0.05) is 38.6 Å². The van der Waals surface area contributed by atoms with E-state index in [-0.39, 0.29) is 17.0 Å². The summed E-state index contributed by atoms with van der Waals surface area (Å²) in [6.45, 7) is 0.0770. The molecular formula is C23H21N3O6S. The average molecular weight is 468 g/mol. The van der Waals surface area contributed by atoms with Gasteiger partial charge < -0.3 is 9.32 Å². The van der Waals surface area contributed by atoms with E-state index < -0.39 is 39.5 Å². The van der Waals surface area contributed by atoms with Crippen molar-refractivity contribution in [2.75, 3.05) is 14.1 Å². The molecule has 33 heavy (non-hydrogen) atoms. The number of carbonyl (C=O) groups excluding carboxylic acids is 3. The molecule has 2 atom stereocenters. The maximum absolute atomic E-state index is 13.4. The van der Waals surface area contributed by atoms with Crippen LogP contribution in [0, 0.1) is 5.92 Å². The highest BCUT2D eigenvalue weighted by molar-refractivity contribution is 7.89. The van der Waals surface area contributed by atoms with Crippen molar-refractivity contribution in [3.8, 4) is 0 Å². The van der Waals surface area contributed by atoms with Crippen molar-refractivity contribution in [3.05, 3.63) is 84.1 Å². The van der Waals surface area contributed by atoms with Crippen LogP contribution >= 0.6 is 0 Å². The first-order valence-electron chi connectivity index (χ1n) is 10.1. The van der Waals surface area contributed by atoms with Crippen molar-refractivity contribution in [2.24, 2.45) is 5.92 Å². The van der Waals surface area contributed by atoms with Crippen LogP contribution in [0.1, 0.15) is 27.7 Å². The lowest BCUT2D eigenvalue weighted by atomic mass is 9.88. The molecule has 170 valence electrons. The molecule has 0 bridgehead atoms. The van der Waals surface area contributed by atoms with Gasteiger partial charge in [0.1, 0.15) is 17.7 Å². The van der Waals surface area contributed by atoms with Gasteiger partial charge in [0.15, 0.2) is 5.78 Å². The van der Waals surface area contributed by atoms with Crippen LogP contribution in [-0.4, -0.2) is 54.2 Å². The number of ketones is 2. The predicted octanol–water partition coefficient (Wildman–Crippen LogP) is 2.08. The molecular weight excluding hydrogens is 446 g/mol. The number of hydrogen-bond donors (Lipinski definition) is 0. The quantitative estimate of drug-likeness (QED) is 0.297. The Kier molecular flexibility index (Phi) is 5.96. The highest BCUT2D eigenvalue weighted by Crippen LogP contribution is 2.39. The van der Waals surface area contributed by atoms with Crippen molar-refractivity contribution in [2.45, 2.75) is 17.5 Å². The first-order chi connectivity index (χ1) is 15.7. The fraction of sp³-hybridized carbons (Fsp3) is 0.217. The van der Waals surface area contributed by atoms with Gasteiger partial charge in [-0.25, -0.2) is 12.7 Å². The minimum Gasteiger partial charge on any atom is -0.467 e. The highest BCUT2D eigenvalue weighted by Gasteiger charge is 2.52. The van der Waals surface area contributed by atoms with Crippen LogP contribution in [0.4, 0.5) is 0 Å². The summed E-state index contributed by atoms with van der Waals surface area (Å²) in [4.78, 5) is 44.6. The third-order valence-corrected chi connectivity index (χ3v) is 7.35. The van der Waals surface area contributed by atoms with Crippen LogP contribution in [0.5, 0.6) is 0 Å². The molecule has 10 heteroatoms. The van der Waals surface area contributed by atoms with Gasteiger partial charge in [-0.15, -0.1) is 0 Å². The molecule has 0 saturated carbocycles. The van der Waals surface area contributed by atoms with Gasteiger partial charge in [-0.3, -0.25) is 19.4 Å². The van der Waals surface area contributed by atoms with E-state index in [9.17, 15) is 22.8 Å². The van der Waals surface area contributed by atoms with Crippen LogP contribution in [-0.2, 0) is 26.2 Å². The van der Waals surface area contributed by atoms with Gasteiger partial charge in [0.05, 0.1) is 11.2 Å². The molecule has 4 rings (SSSR count). The number of furan rings is 1. The topological polar surface area (TPSA) is 118 Å². The van der Waals surface area contributed by atoms with E-state index in [1.807, 2.05) is 0 Å². The average Bonchev–Trinajstić information content (AvgIpc) is 3.42. The SMILES string of the molecule is CN(C)S(=O)(=O)c1ccc(C(=O)C2C(=O)C(=O)N(Cc3cccnc3)C2c2ccco2)cc1. The Labute approximate surface area is 190 Å². The minimum absolute atomic E-state index is 0.0127. The first-order valence-corrected chi connectivity index (χ1v) is 11.5. The summed E-state index contributed by atoms with van der Waals surface area (Å²) in [5.41, 5.74) is 0.820. The second-order valence-electron chi connectivity index (χ2n) is 7.77. The molecule has 1 aliphatic rings. The number of aromatic nitrogens is 1. The van der Waals surface area contributed by atoms with Crippen LogP contribution in [0.3, 0.4) is 0 Å². The molecule has 2 unspecified atom stereocenters. The van der Waals surface area contributed by atoms with E-state index in [1.54, 1.807) is 36.7 Å². The van der Waals surface area contributed by atoms with Gasteiger partial charge in [0.25, 0.3) is 5.91 Å². The second kappa shape index (κ2) is 8.72. The fourth-order valence-electron chi connectivity index (χ4n) is 3.80. The molecule has 1 saturated heterocycles. The van der Waals surface area contributed by atoms with Crippen molar-refractivity contribution in [1.29, 1.82) is 0 Å². The molecule has 0 radical (unpaired) electrons. The Bertz CT molecular complexity index is 1290. The van der Waals surface area contributed by atoms with E-state index in [1.165, 1.54) is 49.5 Å². The zero-order valence-electron chi connectivity index (χ0n) is 17.9. The molecule has 0 spiro atoms. The zero-order valence-corrected chi connectivity index (χ0v) is 18.7. The number of pyridine rings is 1. The Morgan fingerprint density at radius 3 is 2.39 bits per heavy atom. The number of Topliss-reactive ketones (excluding diaryl/α,β-unsaturated/α-hetero) is 2. The lowest BCUT2D eigenvalue weighted by Gasteiger charge is -2.25. The molecule has 9 nitrogen and oxygen atoms in total. The van der Waals surface area contributed by atoms with E-state index in [0.717, 1.165) is 4.31 Å². The fourth-order valence-corrected chi connectivity index (χ4v) is 4.71. The molecule has 3 heterocycles. The Hall–Kier alpha value is -3.63. The number of nitrogens with zero attached hydrogens (tertiary/aromatic N) is 3. The van der Waals surface area contributed by atoms with Gasteiger partial charge in [0.2, 0.25) is 15.8 Å². The number of sulfonamides is 1. The molecule has 2 aromatic heterocycles. The van der Waals surface area contributed by atoms with E-state index >= 15 is 0 Å². The summed E-state index contributed by atoms with van der Waals surface area (Å²) in [5, 5.41) is 0. The highest BCUT2D eigenvalue weighted by atomic mass is 32.2. The molecule has 1 amide bonds. The maximum Gasteiger partial charge on any atom is 0.291 e. The monoisotopic (exact) mass is 467 g/mol. The third-order valence-electron chi connectivity index (χ3n) is 5.52. The smallest absolute Gasteiger partial charge is 0.291 e. The largest absolute Gasteiger partial charge is 0.467 e. The van der Waals surface area contributed by atoms with Crippen molar-refractivity contribution in [3.63, 3.8) is 0 Å². The zero-order chi connectivity index (χ0) is 23.8. The summed E-state index contributed by atoms with van der Waals surface area (Å²) in [6.07, 6.45) is 4.58. The molecule has 1 aromatic carbocycles. The van der Waals surface area contributed by atoms with Gasteiger partial charge >= 0.3 is 0 Å². The van der Waals surface area contributed by atoms with E-state index in [0.29, 0.717) is 11.3 Å². The van der Waals surface area contributed by atoms with Gasteiger partial charge in [-0.2, -0.15) is 0 Å². The van der Waals surface area contributed by atoms with Crippen LogP contribution in [0.2, 0.25) is 0 Å². The molecule has 1 fully saturated rings. The number of amides is 1. The normalized spacial score (nSPS) is 18.8. The Morgan fingerprint density at radius 1 is 1.09 bits per heavy atom. The minimum atomic E-state index is -3.68. The van der Waals surface area contributed by atoms with E-state index in [2.05, 4.69) is 4.98 Å². The second-order valence-corrected chi connectivity index (χ2v) is 9.92. The summed E-state index contributed by atoms with van der Waals surface area (Å²) in [5.74, 6) is -3.22. The van der Waals surface area contributed by atoms with Gasteiger partial charge in [-0.1, -0.05) is 18.2 Å². The van der Waals surface area contributed by atoms with Crippen molar-refractivity contribution < 1.29 is 27.2 Å². The summed E-state index contributed by atoms with van der Waals surface area (Å²) in [7, 11) is -0.866. The number of likely N-dealkylation sites (tertiary alicyclic amines) is 1.